The second-order valence-corrected chi connectivity index (χ2v) is 6.05. The first-order chi connectivity index (χ1) is 10.2. The summed E-state index contributed by atoms with van der Waals surface area (Å²) in [6.07, 6.45) is 3.94. The van der Waals surface area contributed by atoms with Crippen molar-refractivity contribution in [3.63, 3.8) is 0 Å². The molecule has 21 heavy (non-hydrogen) atoms. The summed E-state index contributed by atoms with van der Waals surface area (Å²) < 4.78 is 5.59. The summed E-state index contributed by atoms with van der Waals surface area (Å²) in [4.78, 5) is 2.65. The predicted molar refractivity (Wildman–Crippen MR) is 89.0 cm³/mol. The van der Waals surface area contributed by atoms with E-state index in [-0.39, 0.29) is 0 Å². The van der Waals surface area contributed by atoms with Gasteiger partial charge in [0, 0.05) is 24.2 Å². The smallest absolute Gasteiger partial charge is 0.123 e. The number of likely N-dealkylation sites (tertiary alicyclic amines) is 1. The third-order valence-corrected chi connectivity index (χ3v) is 4.60. The van der Waals surface area contributed by atoms with Crippen molar-refractivity contribution < 1.29 is 4.74 Å². The Morgan fingerprint density at radius 3 is 2.86 bits per heavy atom. The molecule has 0 spiro atoms. The molecule has 3 heteroatoms. The SMILES string of the molecule is CCNC(CN1CCCC1CC)c1cc(C)ccc1OC. The summed E-state index contributed by atoms with van der Waals surface area (Å²) in [5.41, 5.74) is 2.59. The zero-order valence-corrected chi connectivity index (χ0v) is 14.0. The summed E-state index contributed by atoms with van der Waals surface area (Å²) in [5, 5.41) is 3.65. The van der Waals surface area contributed by atoms with Crippen molar-refractivity contribution >= 4 is 0 Å². The van der Waals surface area contributed by atoms with E-state index in [1.54, 1.807) is 7.11 Å². The van der Waals surface area contributed by atoms with Gasteiger partial charge in [-0.05, 0) is 45.3 Å². The summed E-state index contributed by atoms with van der Waals surface area (Å²) in [7, 11) is 1.77. The van der Waals surface area contributed by atoms with E-state index in [4.69, 9.17) is 4.74 Å². The van der Waals surface area contributed by atoms with E-state index in [1.165, 1.54) is 36.9 Å². The minimum absolute atomic E-state index is 0.344. The molecule has 0 amide bonds. The molecule has 2 unspecified atom stereocenters. The number of ether oxygens (including phenoxy) is 1. The van der Waals surface area contributed by atoms with Gasteiger partial charge in [0.25, 0.3) is 0 Å². The van der Waals surface area contributed by atoms with Crippen molar-refractivity contribution in [2.45, 2.75) is 52.1 Å². The van der Waals surface area contributed by atoms with Gasteiger partial charge < -0.3 is 10.1 Å². The monoisotopic (exact) mass is 290 g/mol. The first-order valence-electron chi connectivity index (χ1n) is 8.31. The Kier molecular flexibility index (Phi) is 6.07. The lowest BCUT2D eigenvalue weighted by Crippen LogP contribution is -2.38. The van der Waals surface area contributed by atoms with Crippen LogP contribution in [0.1, 0.15) is 50.3 Å². The van der Waals surface area contributed by atoms with Crippen molar-refractivity contribution in [2.75, 3.05) is 26.7 Å². The lowest BCUT2D eigenvalue weighted by molar-refractivity contribution is 0.220. The summed E-state index contributed by atoms with van der Waals surface area (Å²) >= 11 is 0. The van der Waals surface area contributed by atoms with Gasteiger partial charge in [-0.3, -0.25) is 4.90 Å². The molecule has 1 aliphatic rings. The van der Waals surface area contributed by atoms with Crippen LogP contribution in [-0.4, -0.2) is 37.7 Å². The fraction of sp³-hybridized carbons (Fsp3) is 0.667. The van der Waals surface area contributed by atoms with Crippen LogP contribution < -0.4 is 10.1 Å². The Balaban J connectivity index is 2.20. The average molecular weight is 290 g/mol. The van der Waals surface area contributed by atoms with Gasteiger partial charge in [0.15, 0.2) is 0 Å². The lowest BCUT2D eigenvalue weighted by Gasteiger charge is -2.30. The van der Waals surface area contributed by atoms with E-state index in [0.29, 0.717) is 6.04 Å². The van der Waals surface area contributed by atoms with Crippen molar-refractivity contribution in [1.29, 1.82) is 0 Å². The fourth-order valence-electron chi connectivity index (χ4n) is 3.48. The van der Waals surface area contributed by atoms with Crippen LogP contribution in [0.15, 0.2) is 18.2 Å². The Morgan fingerprint density at radius 2 is 2.19 bits per heavy atom. The van der Waals surface area contributed by atoms with Gasteiger partial charge in [-0.25, -0.2) is 0 Å². The highest BCUT2D eigenvalue weighted by Crippen LogP contribution is 2.29. The molecule has 1 aromatic rings. The molecule has 0 radical (unpaired) electrons. The van der Waals surface area contributed by atoms with Gasteiger partial charge >= 0.3 is 0 Å². The summed E-state index contributed by atoms with van der Waals surface area (Å²) in [5.74, 6) is 0.999. The van der Waals surface area contributed by atoms with Crippen LogP contribution in [0.3, 0.4) is 0 Å². The molecule has 1 fully saturated rings. The molecule has 2 atom stereocenters. The molecule has 1 heterocycles. The molecule has 1 N–H and O–H groups in total. The Labute approximate surface area is 129 Å². The number of aryl methyl sites for hydroxylation is 1. The van der Waals surface area contributed by atoms with E-state index in [1.807, 2.05) is 0 Å². The van der Waals surface area contributed by atoms with Gasteiger partial charge in [-0.2, -0.15) is 0 Å². The van der Waals surface area contributed by atoms with Crippen molar-refractivity contribution in [2.24, 2.45) is 0 Å². The highest BCUT2D eigenvalue weighted by Gasteiger charge is 2.26. The van der Waals surface area contributed by atoms with E-state index < -0.39 is 0 Å². The molecule has 118 valence electrons. The Hall–Kier alpha value is -1.06. The third kappa shape index (κ3) is 3.98. The molecule has 0 saturated carbocycles. The number of nitrogens with one attached hydrogen (secondary N) is 1. The van der Waals surface area contributed by atoms with Gasteiger partial charge in [-0.1, -0.05) is 31.5 Å². The molecule has 0 aromatic heterocycles. The van der Waals surface area contributed by atoms with E-state index in [9.17, 15) is 0 Å². The molecule has 1 saturated heterocycles. The highest BCUT2D eigenvalue weighted by molar-refractivity contribution is 5.39. The minimum Gasteiger partial charge on any atom is -0.496 e. The average Bonchev–Trinajstić information content (AvgIpc) is 2.94. The van der Waals surface area contributed by atoms with Crippen LogP contribution in [0.5, 0.6) is 5.75 Å². The molecule has 0 aliphatic carbocycles. The first kappa shape index (κ1) is 16.3. The van der Waals surface area contributed by atoms with Gasteiger partial charge in [0.1, 0.15) is 5.75 Å². The molecule has 1 aliphatic heterocycles. The van der Waals surface area contributed by atoms with Crippen molar-refractivity contribution in [3.8, 4) is 5.75 Å². The molecule has 0 bridgehead atoms. The molecule has 3 nitrogen and oxygen atoms in total. The standard InChI is InChI=1S/C18H30N2O/c1-5-15-8-7-11-20(15)13-17(19-6-2)16-12-14(3)9-10-18(16)21-4/h9-10,12,15,17,19H,5-8,11,13H2,1-4H3. The molecule has 2 rings (SSSR count). The van der Waals surface area contributed by atoms with Gasteiger partial charge in [0.2, 0.25) is 0 Å². The number of hydrogen-bond acceptors (Lipinski definition) is 3. The second-order valence-electron chi connectivity index (χ2n) is 6.05. The van der Waals surface area contributed by atoms with E-state index in [2.05, 4.69) is 49.2 Å². The fourth-order valence-corrected chi connectivity index (χ4v) is 3.48. The van der Waals surface area contributed by atoms with Crippen LogP contribution in [-0.2, 0) is 0 Å². The number of rotatable bonds is 7. The summed E-state index contributed by atoms with van der Waals surface area (Å²) in [6.45, 7) is 9.92. The Morgan fingerprint density at radius 1 is 1.38 bits per heavy atom. The highest BCUT2D eigenvalue weighted by atomic mass is 16.5. The zero-order chi connectivity index (χ0) is 15.2. The number of methoxy groups -OCH3 is 1. The third-order valence-electron chi connectivity index (χ3n) is 4.60. The minimum atomic E-state index is 0.344. The second kappa shape index (κ2) is 7.81. The maximum absolute atomic E-state index is 5.59. The van der Waals surface area contributed by atoms with Crippen LogP contribution >= 0.6 is 0 Å². The van der Waals surface area contributed by atoms with Crippen LogP contribution in [0.25, 0.3) is 0 Å². The maximum Gasteiger partial charge on any atom is 0.123 e. The number of nitrogens with zero attached hydrogens (tertiary/aromatic N) is 1. The molecular formula is C18H30N2O. The quantitative estimate of drug-likeness (QED) is 0.831. The number of hydrogen-bond donors (Lipinski definition) is 1. The lowest BCUT2D eigenvalue weighted by atomic mass is 10.0. The number of benzene rings is 1. The van der Waals surface area contributed by atoms with Crippen LogP contribution in [0.4, 0.5) is 0 Å². The van der Waals surface area contributed by atoms with Crippen LogP contribution in [0.2, 0.25) is 0 Å². The van der Waals surface area contributed by atoms with Crippen molar-refractivity contribution in [3.05, 3.63) is 29.3 Å². The maximum atomic E-state index is 5.59. The number of likely N-dealkylation sites (N-methyl/N-ethyl adjacent to an activating group) is 1. The predicted octanol–water partition coefficient (Wildman–Crippen LogP) is 3.53. The largest absolute Gasteiger partial charge is 0.496 e. The van der Waals surface area contributed by atoms with Gasteiger partial charge in [-0.15, -0.1) is 0 Å². The van der Waals surface area contributed by atoms with Crippen molar-refractivity contribution in [1.82, 2.24) is 10.2 Å². The normalized spacial score (nSPS) is 20.7. The first-order valence-corrected chi connectivity index (χ1v) is 8.31. The van der Waals surface area contributed by atoms with E-state index >= 15 is 0 Å². The molecule has 1 aromatic carbocycles. The Bertz CT molecular complexity index is 447. The molecular weight excluding hydrogens is 260 g/mol. The summed E-state index contributed by atoms with van der Waals surface area (Å²) in [6, 6.07) is 7.58. The van der Waals surface area contributed by atoms with E-state index in [0.717, 1.165) is 24.9 Å². The topological polar surface area (TPSA) is 24.5 Å². The van der Waals surface area contributed by atoms with Gasteiger partial charge in [0.05, 0.1) is 7.11 Å². The van der Waals surface area contributed by atoms with Crippen LogP contribution in [0, 0.1) is 6.92 Å². The zero-order valence-electron chi connectivity index (χ0n) is 14.0.